The molecule has 4 aromatic rings. The van der Waals surface area contributed by atoms with Gasteiger partial charge in [0.15, 0.2) is 5.17 Å². The van der Waals surface area contributed by atoms with Gasteiger partial charge in [0.2, 0.25) is 11.8 Å². The standard InChI is InChI=1S/C34H31FN4O5S/c1-22(36-34(42)44-21-23-8-4-3-5-9-23)31(40)37-27-16-14-25(15-17-27)30-32(41)39(20-24-10-6-13-29(18-24)43-2)33(45-30)38-28-12-7-11-26(35)19-28/h3-19,22,30H,20-21H2,1-2H3,(H,36,42)(H,37,40)/t22-,30?/m1/s1. The Bertz CT molecular complexity index is 1700. The lowest BCUT2D eigenvalue weighted by atomic mass is 10.1. The second kappa shape index (κ2) is 14.5. The second-order valence-electron chi connectivity index (χ2n) is 10.2. The van der Waals surface area contributed by atoms with Gasteiger partial charge in [0.25, 0.3) is 0 Å². The highest BCUT2D eigenvalue weighted by molar-refractivity contribution is 8.15. The number of halogens is 1. The maximum Gasteiger partial charge on any atom is 0.408 e. The lowest BCUT2D eigenvalue weighted by Gasteiger charge is -2.17. The van der Waals surface area contributed by atoms with Gasteiger partial charge < -0.3 is 20.1 Å². The average molecular weight is 627 g/mol. The van der Waals surface area contributed by atoms with Gasteiger partial charge in [-0.2, -0.15) is 0 Å². The largest absolute Gasteiger partial charge is 0.497 e. The Morgan fingerprint density at radius 1 is 0.956 bits per heavy atom. The number of amidine groups is 1. The van der Waals surface area contributed by atoms with Crippen molar-refractivity contribution in [1.82, 2.24) is 10.2 Å². The average Bonchev–Trinajstić information content (AvgIpc) is 3.34. The first kappa shape index (κ1) is 31.3. The zero-order valence-corrected chi connectivity index (χ0v) is 25.4. The molecule has 0 saturated carbocycles. The first-order chi connectivity index (χ1) is 21.8. The molecule has 5 rings (SSSR count). The molecule has 1 aliphatic rings. The molecule has 0 aromatic heterocycles. The van der Waals surface area contributed by atoms with Gasteiger partial charge in [0, 0.05) is 5.69 Å². The monoisotopic (exact) mass is 626 g/mol. The van der Waals surface area contributed by atoms with Crippen molar-refractivity contribution in [2.45, 2.75) is 31.4 Å². The molecule has 2 atom stereocenters. The molecule has 45 heavy (non-hydrogen) atoms. The minimum absolute atomic E-state index is 0.0893. The topological polar surface area (TPSA) is 109 Å². The van der Waals surface area contributed by atoms with Crippen LogP contribution in [0.1, 0.15) is 28.9 Å². The summed E-state index contributed by atoms with van der Waals surface area (Å²) in [6.07, 6.45) is -0.706. The second-order valence-corrected chi connectivity index (χ2v) is 11.3. The number of thioether (sulfide) groups is 1. The number of rotatable bonds is 10. The number of nitrogens with zero attached hydrogens (tertiary/aromatic N) is 2. The number of methoxy groups -OCH3 is 1. The number of anilines is 1. The van der Waals surface area contributed by atoms with Gasteiger partial charge in [-0.15, -0.1) is 0 Å². The fourth-order valence-electron chi connectivity index (χ4n) is 4.51. The number of hydrogen-bond donors (Lipinski definition) is 2. The minimum Gasteiger partial charge on any atom is -0.497 e. The normalized spacial score (nSPS) is 15.9. The van der Waals surface area contributed by atoms with Gasteiger partial charge in [0.1, 0.15) is 29.5 Å². The number of alkyl carbamates (subject to hydrolysis) is 1. The molecule has 0 spiro atoms. The van der Waals surface area contributed by atoms with E-state index in [2.05, 4.69) is 15.6 Å². The molecule has 0 bridgehead atoms. The molecule has 9 nitrogen and oxygen atoms in total. The predicted octanol–water partition coefficient (Wildman–Crippen LogP) is 6.59. The third kappa shape index (κ3) is 8.27. The maximum absolute atomic E-state index is 13.9. The van der Waals surface area contributed by atoms with Crippen molar-refractivity contribution >= 4 is 46.2 Å². The van der Waals surface area contributed by atoms with Gasteiger partial charge in [-0.25, -0.2) is 14.2 Å². The zero-order chi connectivity index (χ0) is 31.8. The molecule has 1 unspecified atom stereocenters. The number of carbonyl (C=O) groups excluding carboxylic acids is 3. The van der Waals surface area contributed by atoms with Crippen LogP contribution in [0.5, 0.6) is 5.75 Å². The number of amides is 3. The fraction of sp³-hybridized carbons (Fsp3) is 0.176. The Morgan fingerprint density at radius 3 is 2.42 bits per heavy atom. The SMILES string of the molecule is COc1cccc(CN2C(=O)C(c3ccc(NC(=O)[C@@H](C)NC(=O)OCc4ccccc4)cc3)SC2=Nc2cccc(F)c2)c1. The molecule has 1 aliphatic heterocycles. The summed E-state index contributed by atoms with van der Waals surface area (Å²) in [6, 6.07) is 28.6. The quantitative estimate of drug-likeness (QED) is 0.206. The van der Waals surface area contributed by atoms with E-state index in [9.17, 15) is 18.8 Å². The number of benzene rings is 4. The Hall–Kier alpha value is -5.16. The lowest BCUT2D eigenvalue weighted by Crippen LogP contribution is -2.41. The van der Waals surface area contributed by atoms with Crippen LogP contribution in [0.15, 0.2) is 108 Å². The van der Waals surface area contributed by atoms with Crippen LogP contribution in [0.3, 0.4) is 0 Å². The molecule has 0 aliphatic carbocycles. The summed E-state index contributed by atoms with van der Waals surface area (Å²) in [4.78, 5) is 44.8. The van der Waals surface area contributed by atoms with Crippen LogP contribution in [0, 0.1) is 5.82 Å². The van der Waals surface area contributed by atoms with E-state index in [1.165, 1.54) is 23.9 Å². The van der Waals surface area contributed by atoms with E-state index in [4.69, 9.17) is 9.47 Å². The van der Waals surface area contributed by atoms with E-state index in [0.29, 0.717) is 27.9 Å². The van der Waals surface area contributed by atoms with Crippen molar-refractivity contribution in [3.8, 4) is 5.75 Å². The van der Waals surface area contributed by atoms with Crippen LogP contribution in [-0.2, 0) is 27.5 Å². The van der Waals surface area contributed by atoms with Crippen molar-refractivity contribution in [2.75, 3.05) is 12.4 Å². The smallest absolute Gasteiger partial charge is 0.408 e. The van der Waals surface area contributed by atoms with Crippen molar-refractivity contribution < 1.29 is 28.2 Å². The van der Waals surface area contributed by atoms with Crippen LogP contribution < -0.4 is 15.4 Å². The molecule has 1 fully saturated rings. The summed E-state index contributed by atoms with van der Waals surface area (Å²) < 4.78 is 24.4. The predicted molar refractivity (Wildman–Crippen MR) is 172 cm³/mol. The van der Waals surface area contributed by atoms with Crippen LogP contribution in [0.25, 0.3) is 0 Å². The Kier molecular flexibility index (Phi) is 10.1. The van der Waals surface area contributed by atoms with E-state index in [0.717, 1.165) is 11.1 Å². The van der Waals surface area contributed by atoms with Gasteiger partial charge >= 0.3 is 6.09 Å². The highest BCUT2D eigenvalue weighted by Crippen LogP contribution is 2.41. The Morgan fingerprint density at radius 2 is 1.69 bits per heavy atom. The van der Waals surface area contributed by atoms with E-state index in [-0.39, 0.29) is 19.1 Å². The van der Waals surface area contributed by atoms with E-state index in [1.54, 1.807) is 55.3 Å². The molecule has 1 heterocycles. The molecular weight excluding hydrogens is 595 g/mol. The highest BCUT2D eigenvalue weighted by atomic mass is 32.2. The van der Waals surface area contributed by atoms with Gasteiger partial charge in [-0.1, -0.05) is 72.4 Å². The van der Waals surface area contributed by atoms with Crippen molar-refractivity contribution in [3.63, 3.8) is 0 Å². The van der Waals surface area contributed by atoms with E-state index >= 15 is 0 Å². The molecule has 2 N–H and O–H groups in total. The summed E-state index contributed by atoms with van der Waals surface area (Å²) >= 11 is 1.27. The molecule has 4 aromatic carbocycles. The highest BCUT2D eigenvalue weighted by Gasteiger charge is 2.39. The van der Waals surface area contributed by atoms with Crippen molar-refractivity contribution in [1.29, 1.82) is 0 Å². The lowest BCUT2D eigenvalue weighted by molar-refractivity contribution is -0.126. The first-order valence-corrected chi connectivity index (χ1v) is 15.0. The third-order valence-corrected chi connectivity index (χ3v) is 8.11. The van der Waals surface area contributed by atoms with Gasteiger partial charge in [-0.05, 0) is 66.1 Å². The molecule has 3 amide bonds. The van der Waals surface area contributed by atoms with Gasteiger partial charge in [0.05, 0.1) is 19.3 Å². The molecular formula is C34H31FN4O5S. The number of nitrogens with one attached hydrogen (secondary N) is 2. The van der Waals surface area contributed by atoms with Crippen LogP contribution >= 0.6 is 11.8 Å². The number of hydrogen-bond acceptors (Lipinski definition) is 7. The maximum atomic E-state index is 13.9. The molecule has 1 saturated heterocycles. The fourth-order valence-corrected chi connectivity index (χ4v) is 5.68. The number of carbonyl (C=O) groups is 3. The number of ether oxygens (including phenoxy) is 2. The van der Waals surface area contributed by atoms with Crippen LogP contribution in [0.4, 0.5) is 20.6 Å². The summed E-state index contributed by atoms with van der Waals surface area (Å²) in [5, 5.41) is 5.12. The summed E-state index contributed by atoms with van der Waals surface area (Å²) in [5.41, 5.74) is 3.28. The van der Waals surface area contributed by atoms with Crippen molar-refractivity contribution in [2.24, 2.45) is 4.99 Å². The zero-order valence-electron chi connectivity index (χ0n) is 24.6. The van der Waals surface area contributed by atoms with Crippen LogP contribution in [-0.4, -0.2) is 41.1 Å². The summed E-state index contributed by atoms with van der Waals surface area (Å²) in [5.74, 6) is -0.368. The van der Waals surface area contributed by atoms with Crippen LogP contribution in [0.2, 0.25) is 0 Å². The van der Waals surface area contributed by atoms with Gasteiger partial charge in [-0.3, -0.25) is 14.5 Å². The van der Waals surface area contributed by atoms with E-state index in [1.807, 2.05) is 54.6 Å². The van der Waals surface area contributed by atoms with E-state index < -0.39 is 29.1 Å². The minimum atomic E-state index is -0.855. The first-order valence-electron chi connectivity index (χ1n) is 14.1. The Balaban J connectivity index is 1.25. The molecule has 230 valence electrons. The summed E-state index contributed by atoms with van der Waals surface area (Å²) in [6.45, 7) is 1.89. The van der Waals surface area contributed by atoms with Crippen molar-refractivity contribution in [3.05, 3.63) is 126 Å². The number of aliphatic imine (C=N–C) groups is 1. The molecule has 11 heteroatoms. The molecule has 0 radical (unpaired) electrons. The third-order valence-electron chi connectivity index (χ3n) is 6.87. The summed E-state index contributed by atoms with van der Waals surface area (Å²) in [7, 11) is 1.58. The Labute approximate surface area is 264 Å².